The third kappa shape index (κ3) is 4.42. The number of nitrogens with two attached hydrogens (primary N) is 1. The molecule has 2 aromatic rings. The van der Waals surface area contributed by atoms with Crippen LogP contribution < -0.4 is 5.14 Å². The largest absolute Gasteiger partial charge is 0.269 e. The molecule has 0 bridgehead atoms. The highest BCUT2D eigenvalue weighted by Gasteiger charge is 2.27. The number of rotatable bonds is 7. The van der Waals surface area contributed by atoms with Crippen molar-refractivity contribution in [1.29, 1.82) is 0 Å². The van der Waals surface area contributed by atoms with Crippen molar-refractivity contribution in [3.63, 3.8) is 0 Å². The van der Waals surface area contributed by atoms with Crippen LogP contribution in [-0.4, -0.2) is 26.8 Å². The summed E-state index contributed by atoms with van der Waals surface area (Å²) < 4.78 is 38.7. The number of aryl methyl sites for hydroxylation is 2. The van der Waals surface area contributed by atoms with Crippen LogP contribution in [0.15, 0.2) is 35.4 Å². The second-order valence-electron chi connectivity index (χ2n) is 7.05. The van der Waals surface area contributed by atoms with Gasteiger partial charge in [-0.1, -0.05) is 31.5 Å². The van der Waals surface area contributed by atoms with E-state index in [4.69, 9.17) is 5.14 Å². The molecule has 8 heteroatoms. The fourth-order valence-corrected chi connectivity index (χ4v) is 4.65. The summed E-state index contributed by atoms with van der Waals surface area (Å²) in [5.41, 5.74) is 1.68. The van der Waals surface area contributed by atoms with E-state index in [0.717, 1.165) is 5.56 Å². The first-order chi connectivity index (χ1) is 12.0. The minimum absolute atomic E-state index is 0.0225. The lowest BCUT2D eigenvalue weighted by atomic mass is 9.89. The zero-order chi connectivity index (χ0) is 19.6. The summed E-state index contributed by atoms with van der Waals surface area (Å²) in [7, 11) is -5.12. The average Bonchev–Trinajstić information content (AvgIpc) is 2.94. The van der Waals surface area contributed by atoms with Gasteiger partial charge in [0, 0.05) is 17.4 Å². The molecule has 0 aliphatic heterocycles. The van der Waals surface area contributed by atoms with Gasteiger partial charge in [0.2, 0.25) is 0 Å². The SMILES string of the molecule is Cc1ccc(S(=O)(=O)n2cc([C@@H](CC(C)S(N)=O)C(C)C)nc2C)cc1. The molecule has 0 spiro atoms. The topological polar surface area (TPSA) is 95.0 Å². The van der Waals surface area contributed by atoms with Crippen molar-refractivity contribution in [3.8, 4) is 0 Å². The number of aromatic nitrogens is 2. The maximum absolute atomic E-state index is 13.0. The molecule has 26 heavy (non-hydrogen) atoms. The second kappa shape index (κ2) is 8.02. The van der Waals surface area contributed by atoms with Crippen LogP contribution in [0.2, 0.25) is 0 Å². The summed E-state index contributed by atoms with van der Waals surface area (Å²) in [6.45, 7) is 9.50. The average molecular weight is 398 g/mol. The minimum Gasteiger partial charge on any atom is -0.252 e. The van der Waals surface area contributed by atoms with Crippen LogP contribution in [0.3, 0.4) is 0 Å². The monoisotopic (exact) mass is 397 g/mol. The highest BCUT2D eigenvalue weighted by atomic mass is 32.2. The van der Waals surface area contributed by atoms with Gasteiger partial charge < -0.3 is 0 Å². The fourth-order valence-electron chi connectivity index (χ4n) is 2.91. The number of nitrogens with zero attached hydrogens (tertiary/aromatic N) is 2. The van der Waals surface area contributed by atoms with E-state index in [9.17, 15) is 12.6 Å². The maximum Gasteiger partial charge on any atom is 0.269 e. The molecule has 0 amide bonds. The van der Waals surface area contributed by atoms with E-state index >= 15 is 0 Å². The summed E-state index contributed by atoms with van der Waals surface area (Å²) in [5.74, 6) is 0.601. The van der Waals surface area contributed by atoms with Crippen molar-refractivity contribution in [2.45, 2.75) is 57.1 Å². The van der Waals surface area contributed by atoms with Gasteiger partial charge in [0.25, 0.3) is 10.0 Å². The summed E-state index contributed by atoms with van der Waals surface area (Å²) in [4.78, 5) is 4.73. The summed E-state index contributed by atoms with van der Waals surface area (Å²) in [5, 5.41) is 5.31. The second-order valence-corrected chi connectivity index (χ2v) is 10.3. The normalized spacial score (nSPS) is 15.8. The predicted octanol–water partition coefficient (Wildman–Crippen LogP) is 2.88. The number of benzene rings is 1. The lowest BCUT2D eigenvalue weighted by Crippen LogP contribution is -2.23. The Bertz CT molecular complexity index is 887. The van der Waals surface area contributed by atoms with Crippen LogP contribution in [0, 0.1) is 19.8 Å². The molecule has 2 rings (SSSR count). The van der Waals surface area contributed by atoms with Crippen molar-refractivity contribution in [3.05, 3.63) is 47.5 Å². The molecule has 1 heterocycles. The Morgan fingerprint density at radius 1 is 1.15 bits per heavy atom. The standard InChI is InChI=1S/C18H27N3O3S2/c1-12(2)17(10-14(4)25(19)22)18-11-21(15(5)20-18)26(23,24)16-8-6-13(3)7-9-16/h6-9,11-12,14,17H,10,19H2,1-5H3/t14?,17-,25?/m0/s1. The molecule has 0 saturated heterocycles. The molecule has 0 aliphatic rings. The van der Waals surface area contributed by atoms with Gasteiger partial charge in [0.05, 0.1) is 21.6 Å². The van der Waals surface area contributed by atoms with Gasteiger partial charge in [-0.3, -0.25) is 5.14 Å². The van der Waals surface area contributed by atoms with Crippen molar-refractivity contribution in [2.24, 2.45) is 11.1 Å². The van der Waals surface area contributed by atoms with E-state index in [-0.39, 0.29) is 22.0 Å². The predicted molar refractivity (Wildman–Crippen MR) is 105 cm³/mol. The van der Waals surface area contributed by atoms with Gasteiger partial charge in [-0.25, -0.2) is 21.6 Å². The first-order valence-electron chi connectivity index (χ1n) is 8.57. The van der Waals surface area contributed by atoms with Gasteiger partial charge in [-0.05, 0) is 45.2 Å². The Morgan fingerprint density at radius 2 is 1.73 bits per heavy atom. The van der Waals surface area contributed by atoms with Crippen LogP contribution in [0.4, 0.5) is 0 Å². The van der Waals surface area contributed by atoms with E-state index in [1.54, 1.807) is 37.4 Å². The van der Waals surface area contributed by atoms with Crippen molar-refractivity contribution in [2.75, 3.05) is 0 Å². The van der Waals surface area contributed by atoms with E-state index in [1.807, 2.05) is 27.7 Å². The Balaban J connectivity index is 2.43. The Hall–Kier alpha value is -1.51. The quantitative estimate of drug-likeness (QED) is 0.777. The van der Waals surface area contributed by atoms with Gasteiger partial charge in [0.15, 0.2) is 0 Å². The molecule has 0 radical (unpaired) electrons. The van der Waals surface area contributed by atoms with Gasteiger partial charge in [-0.15, -0.1) is 0 Å². The maximum atomic E-state index is 13.0. The third-order valence-corrected chi connectivity index (χ3v) is 7.35. The minimum atomic E-state index is -3.70. The van der Waals surface area contributed by atoms with E-state index in [0.29, 0.717) is 17.9 Å². The molecule has 6 nitrogen and oxygen atoms in total. The Labute approximate surface area is 158 Å². The molecule has 0 fully saturated rings. The number of imidazole rings is 1. The van der Waals surface area contributed by atoms with E-state index in [1.165, 1.54) is 3.97 Å². The van der Waals surface area contributed by atoms with E-state index < -0.39 is 21.0 Å². The Morgan fingerprint density at radius 3 is 2.23 bits per heavy atom. The molecule has 144 valence electrons. The number of hydrogen-bond acceptors (Lipinski definition) is 4. The van der Waals surface area contributed by atoms with Crippen LogP contribution in [0.5, 0.6) is 0 Å². The molecule has 2 unspecified atom stereocenters. The van der Waals surface area contributed by atoms with Crippen LogP contribution >= 0.6 is 0 Å². The van der Waals surface area contributed by atoms with Crippen molar-refractivity contribution < 1.29 is 12.6 Å². The van der Waals surface area contributed by atoms with E-state index in [2.05, 4.69) is 4.98 Å². The molecule has 1 aromatic heterocycles. The van der Waals surface area contributed by atoms with Gasteiger partial charge in [0.1, 0.15) is 5.82 Å². The van der Waals surface area contributed by atoms with Crippen LogP contribution in [-0.2, 0) is 21.0 Å². The van der Waals surface area contributed by atoms with Crippen molar-refractivity contribution in [1.82, 2.24) is 8.96 Å². The van der Waals surface area contributed by atoms with Crippen LogP contribution in [0.25, 0.3) is 0 Å². The molecule has 0 aliphatic carbocycles. The zero-order valence-corrected chi connectivity index (χ0v) is 17.5. The highest BCUT2D eigenvalue weighted by molar-refractivity contribution is 7.90. The molecular formula is C18H27N3O3S2. The van der Waals surface area contributed by atoms with Gasteiger partial charge >= 0.3 is 0 Å². The lowest BCUT2D eigenvalue weighted by molar-refractivity contribution is 0.456. The smallest absolute Gasteiger partial charge is 0.252 e. The lowest BCUT2D eigenvalue weighted by Gasteiger charge is -2.21. The molecular weight excluding hydrogens is 370 g/mol. The van der Waals surface area contributed by atoms with Crippen molar-refractivity contribution >= 4 is 21.0 Å². The first-order valence-corrected chi connectivity index (χ1v) is 11.3. The summed E-state index contributed by atoms with van der Waals surface area (Å²) in [6, 6.07) is 6.75. The molecule has 3 atom stereocenters. The van der Waals surface area contributed by atoms with Crippen LogP contribution in [0.1, 0.15) is 50.2 Å². The Kier molecular flexibility index (Phi) is 6.42. The summed E-state index contributed by atoms with van der Waals surface area (Å²) in [6.07, 6.45) is 2.17. The highest BCUT2D eigenvalue weighted by Crippen LogP contribution is 2.30. The number of hydrogen-bond donors (Lipinski definition) is 1. The third-order valence-electron chi connectivity index (χ3n) is 4.60. The molecule has 1 aromatic carbocycles. The fraction of sp³-hybridized carbons (Fsp3) is 0.500. The zero-order valence-electron chi connectivity index (χ0n) is 15.8. The van der Waals surface area contributed by atoms with Gasteiger partial charge in [-0.2, -0.15) is 0 Å². The first kappa shape index (κ1) is 20.8. The summed E-state index contributed by atoms with van der Waals surface area (Å²) >= 11 is 0. The molecule has 2 N–H and O–H groups in total. The molecule has 0 saturated carbocycles.